The third-order valence-electron chi connectivity index (χ3n) is 4.33. The van der Waals surface area contributed by atoms with E-state index in [1.807, 2.05) is 24.3 Å². The number of aliphatic imine (C=N–C) groups is 2. The van der Waals surface area contributed by atoms with Gasteiger partial charge in [-0.25, -0.2) is 4.99 Å². The maximum atomic E-state index is 10.1. The van der Waals surface area contributed by atoms with E-state index in [9.17, 15) is 5.11 Å². The molecule has 0 spiro atoms. The summed E-state index contributed by atoms with van der Waals surface area (Å²) in [6.07, 6.45) is 1.44. The van der Waals surface area contributed by atoms with Gasteiger partial charge in [0.15, 0.2) is 5.71 Å². The lowest BCUT2D eigenvalue weighted by molar-refractivity contribution is 0.0395. The van der Waals surface area contributed by atoms with Crippen molar-refractivity contribution in [3.63, 3.8) is 0 Å². The molecular formula is C19H24N6O2. The molecule has 1 aromatic carbocycles. The highest BCUT2D eigenvalue weighted by Gasteiger charge is 2.30. The Kier molecular flexibility index (Phi) is 5.48. The summed E-state index contributed by atoms with van der Waals surface area (Å²) in [6, 6.07) is 7.34. The van der Waals surface area contributed by atoms with E-state index in [2.05, 4.69) is 26.8 Å². The van der Waals surface area contributed by atoms with Crippen molar-refractivity contribution in [1.82, 2.24) is 15.1 Å². The number of nitrogens with zero attached hydrogens (tertiary/aromatic N) is 5. The third-order valence-corrected chi connectivity index (χ3v) is 4.33. The largest absolute Gasteiger partial charge is 0.419 e. The number of hydrogen-bond donors (Lipinski definition) is 2. The SMILES string of the molecule is C=C(N=C(C(N)=NC)c1nnc(C2CC2)o1)c1ccc(C(O)N(C)C)cc1. The van der Waals surface area contributed by atoms with Crippen molar-refractivity contribution in [2.24, 2.45) is 15.7 Å². The van der Waals surface area contributed by atoms with Crippen LogP contribution in [0.2, 0.25) is 0 Å². The van der Waals surface area contributed by atoms with Crippen LogP contribution in [0.1, 0.15) is 47.9 Å². The maximum absolute atomic E-state index is 10.1. The highest BCUT2D eigenvalue weighted by atomic mass is 16.4. The van der Waals surface area contributed by atoms with Crippen molar-refractivity contribution in [2.75, 3.05) is 21.1 Å². The first-order valence-corrected chi connectivity index (χ1v) is 8.69. The lowest BCUT2D eigenvalue weighted by atomic mass is 10.1. The summed E-state index contributed by atoms with van der Waals surface area (Å²) in [7, 11) is 5.19. The van der Waals surface area contributed by atoms with Gasteiger partial charge in [0.25, 0.3) is 5.89 Å². The van der Waals surface area contributed by atoms with Gasteiger partial charge in [-0.05, 0) is 38.1 Å². The number of hydrogen-bond acceptors (Lipinski definition) is 7. The van der Waals surface area contributed by atoms with E-state index >= 15 is 0 Å². The molecule has 0 aliphatic heterocycles. The van der Waals surface area contributed by atoms with E-state index in [1.54, 1.807) is 26.0 Å². The van der Waals surface area contributed by atoms with Crippen LogP contribution >= 0.6 is 0 Å². The first-order valence-electron chi connectivity index (χ1n) is 8.69. The van der Waals surface area contributed by atoms with E-state index in [4.69, 9.17) is 10.2 Å². The average Bonchev–Trinajstić information content (AvgIpc) is 3.42. The first-order chi connectivity index (χ1) is 12.9. The minimum Gasteiger partial charge on any atom is -0.419 e. The molecule has 0 radical (unpaired) electrons. The van der Waals surface area contributed by atoms with E-state index in [1.165, 1.54) is 0 Å². The molecule has 0 saturated heterocycles. The zero-order valence-electron chi connectivity index (χ0n) is 15.8. The van der Waals surface area contributed by atoms with Crippen LogP contribution in [0.4, 0.5) is 0 Å². The Morgan fingerprint density at radius 1 is 1.30 bits per heavy atom. The van der Waals surface area contributed by atoms with Crippen LogP contribution in [0.25, 0.3) is 5.70 Å². The number of amidine groups is 1. The molecule has 1 saturated carbocycles. The predicted molar refractivity (Wildman–Crippen MR) is 104 cm³/mol. The highest BCUT2D eigenvalue weighted by molar-refractivity contribution is 6.46. The number of rotatable bonds is 7. The summed E-state index contributed by atoms with van der Waals surface area (Å²) < 4.78 is 5.71. The Labute approximate surface area is 158 Å². The molecule has 8 heteroatoms. The molecule has 27 heavy (non-hydrogen) atoms. The minimum absolute atomic E-state index is 0.196. The Balaban J connectivity index is 1.86. The second-order valence-electron chi connectivity index (χ2n) is 6.69. The highest BCUT2D eigenvalue weighted by Crippen LogP contribution is 2.39. The van der Waals surface area contributed by atoms with Crippen LogP contribution in [0.3, 0.4) is 0 Å². The smallest absolute Gasteiger partial charge is 0.270 e. The van der Waals surface area contributed by atoms with E-state index < -0.39 is 6.23 Å². The molecular weight excluding hydrogens is 344 g/mol. The third kappa shape index (κ3) is 4.29. The second kappa shape index (κ2) is 7.81. The normalized spacial score (nSPS) is 16.6. The summed E-state index contributed by atoms with van der Waals surface area (Å²) in [5.41, 5.74) is 8.33. The summed E-state index contributed by atoms with van der Waals surface area (Å²) in [5, 5.41) is 18.2. The van der Waals surface area contributed by atoms with E-state index in [-0.39, 0.29) is 11.7 Å². The predicted octanol–water partition coefficient (Wildman–Crippen LogP) is 1.95. The fourth-order valence-corrected chi connectivity index (χ4v) is 2.49. The fourth-order valence-electron chi connectivity index (χ4n) is 2.49. The summed E-state index contributed by atoms with van der Waals surface area (Å²) in [6.45, 7) is 4.01. The molecule has 8 nitrogen and oxygen atoms in total. The van der Waals surface area contributed by atoms with Gasteiger partial charge in [0, 0.05) is 13.0 Å². The van der Waals surface area contributed by atoms with Crippen molar-refractivity contribution in [1.29, 1.82) is 0 Å². The number of aliphatic hydroxyl groups excluding tert-OH is 1. The second-order valence-corrected chi connectivity index (χ2v) is 6.69. The first kappa shape index (κ1) is 18.9. The van der Waals surface area contributed by atoms with Crippen molar-refractivity contribution in [2.45, 2.75) is 25.0 Å². The van der Waals surface area contributed by atoms with E-state index in [0.29, 0.717) is 23.2 Å². The minimum atomic E-state index is -0.673. The van der Waals surface area contributed by atoms with Crippen molar-refractivity contribution in [3.05, 3.63) is 53.8 Å². The van der Waals surface area contributed by atoms with Gasteiger partial charge in [-0.3, -0.25) is 9.89 Å². The molecule has 2 aromatic rings. The maximum Gasteiger partial charge on any atom is 0.270 e. The van der Waals surface area contributed by atoms with Crippen LogP contribution < -0.4 is 5.73 Å². The molecule has 1 aliphatic carbocycles. The molecule has 1 aromatic heterocycles. The standard InChI is InChI=1S/C19H24N6O2/c1-11(12-5-9-14(10-6-12)19(26)25(3)4)22-15(16(20)21-2)18-24-23-17(27-18)13-7-8-13/h5-6,9-10,13,19,26H,1,7-8H2,2-4H3,(H2,20,21). The molecule has 1 fully saturated rings. The molecule has 0 bridgehead atoms. The molecule has 142 valence electrons. The van der Waals surface area contributed by atoms with Gasteiger partial charge in [-0.15, -0.1) is 10.2 Å². The molecule has 3 rings (SSSR count). The summed E-state index contributed by atoms with van der Waals surface area (Å²) in [4.78, 5) is 10.2. The molecule has 1 heterocycles. The fraction of sp³-hybridized carbons (Fsp3) is 0.368. The molecule has 0 amide bonds. The lowest BCUT2D eigenvalue weighted by Gasteiger charge is -2.18. The number of nitrogens with two attached hydrogens (primary N) is 1. The van der Waals surface area contributed by atoms with Gasteiger partial charge >= 0.3 is 0 Å². The van der Waals surface area contributed by atoms with Crippen molar-refractivity contribution < 1.29 is 9.52 Å². The average molecular weight is 368 g/mol. The van der Waals surface area contributed by atoms with Gasteiger partial charge in [0.1, 0.15) is 12.1 Å². The van der Waals surface area contributed by atoms with Crippen LogP contribution in [0.15, 0.2) is 45.2 Å². The van der Waals surface area contributed by atoms with Crippen LogP contribution in [-0.2, 0) is 0 Å². The zero-order chi connectivity index (χ0) is 19.6. The Bertz CT molecular complexity index is 878. The summed E-state index contributed by atoms with van der Waals surface area (Å²) in [5.74, 6) is 1.38. The topological polar surface area (TPSA) is 113 Å². The number of benzene rings is 1. The number of aliphatic hydroxyl groups is 1. The van der Waals surface area contributed by atoms with Gasteiger partial charge in [-0.2, -0.15) is 0 Å². The van der Waals surface area contributed by atoms with E-state index in [0.717, 1.165) is 24.0 Å². The molecule has 1 unspecified atom stereocenters. The lowest BCUT2D eigenvalue weighted by Crippen LogP contribution is -2.25. The van der Waals surface area contributed by atoms with Crippen LogP contribution in [0, 0.1) is 0 Å². The van der Waals surface area contributed by atoms with Crippen molar-refractivity contribution >= 4 is 17.2 Å². The number of aromatic nitrogens is 2. The zero-order valence-corrected chi connectivity index (χ0v) is 15.8. The Hall–Kier alpha value is -2.84. The van der Waals surface area contributed by atoms with Crippen LogP contribution in [0.5, 0.6) is 0 Å². The monoisotopic (exact) mass is 368 g/mol. The Morgan fingerprint density at radius 2 is 1.96 bits per heavy atom. The Morgan fingerprint density at radius 3 is 2.52 bits per heavy atom. The van der Waals surface area contributed by atoms with Gasteiger partial charge < -0.3 is 15.3 Å². The van der Waals surface area contributed by atoms with Gasteiger partial charge in [0.05, 0.1) is 5.70 Å². The van der Waals surface area contributed by atoms with Crippen LogP contribution in [-0.4, -0.2) is 52.9 Å². The molecule has 3 N–H and O–H groups in total. The summed E-state index contributed by atoms with van der Waals surface area (Å²) >= 11 is 0. The quantitative estimate of drug-likeness (QED) is 0.439. The van der Waals surface area contributed by atoms with Gasteiger partial charge in [0.2, 0.25) is 5.89 Å². The van der Waals surface area contributed by atoms with Crippen molar-refractivity contribution in [3.8, 4) is 0 Å². The molecule has 1 atom stereocenters. The van der Waals surface area contributed by atoms with Gasteiger partial charge in [-0.1, -0.05) is 30.8 Å². The molecule has 1 aliphatic rings.